The van der Waals surface area contributed by atoms with Crippen molar-refractivity contribution in [2.24, 2.45) is 14.1 Å². The molecule has 0 N–H and O–H groups in total. The van der Waals surface area contributed by atoms with Gasteiger partial charge in [-0.1, -0.05) is 26.2 Å². The van der Waals surface area contributed by atoms with Crippen molar-refractivity contribution in [3.63, 3.8) is 0 Å². The highest BCUT2D eigenvalue weighted by Crippen LogP contribution is 2.23. The Morgan fingerprint density at radius 1 is 0.960 bits per heavy atom. The van der Waals surface area contributed by atoms with Crippen LogP contribution in [-0.4, -0.2) is 31.8 Å². The average Bonchev–Trinajstić information content (AvgIpc) is 3.02. The van der Waals surface area contributed by atoms with Crippen LogP contribution in [0.1, 0.15) is 51.9 Å². The van der Waals surface area contributed by atoms with Crippen LogP contribution in [0.15, 0.2) is 9.59 Å². The number of hydrogen-bond acceptors (Lipinski definition) is 4. The van der Waals surface area contributed by atoms with Crippen LogP contribution in [0.5, 0.6) is 0 Å². The molecular weight excluding hydrogens is 318 g/mol. The van der Waals surface area contributed by atoms with Crippen LogP contribution in [0, 0.1) is 0 Å². The fraction of sp³-hybridized carbons (Fsp3) is 0.722. The number of nitrogens with zero attached hydrogens (tertiary/aromatic N) is 5. The number of hydrogen-bond donors (Lipinski definition) is 0. The summed E-state index contributed by atoms with van der Waals surface area (Å²) < 4.78 is 4.73. The van der Waals surface area contributed by atoms with E-state index in [1.54, 1.807) is 14.1 Å². The van der Waals surface area contributed by atoms with Crippen LogP contribution in [0.3, 0.4) is 0 Å². The summed E-state index contributed by atoms with van der Waals surface area (Å²) in [6.45, 7) is 4.90. The Kier molecular flexibility index (Phi) is 5.30. The Morgan fingerprint density at radius 2 is 1.68 bits per heavy atom. The van der Waals surface area contributed by atoms with E-state index in [4.69, 9.17) is 4.98 Å². The van der Waals surface area contributed by atoms with E-state index in [1.807, 2.05) is 0 Å². The summed E-state index contributed by atoms with van der Waals surface area (Å²) in [5.74, 6) is 0.851. The minimum atomic E-state index is -0.321. The summed E-state index contributed by atoms with van der Waals surface area (Å²) in [5, 5.41) is 0. The van der Waals surface area contributed by atoms with Crippen molar-refractivity contribution in [1.82, 2.24) is 18.7 Å². The molecular formula is C18H29N5O2. The number of rotatable bonds is 6. The second-order valence-electron chi connectivity index (χ2n) is 7.05. The molecule has 0 atom stereocenters. The highest BCUT2D eigenvalue weighted by molar-refractivity contribution is 5.74. The first-order valence-corrected chi connectivity index (χ1v) is 9.47. The lowest BCUT2D eigenvalue weighted by Gasteiger charge is -2.28. The maximum Gasteiger partial charge on any atom is 0.332 e. The van der Waals surface area contributed by atoms with Crippen molar-refractivity contribution in [1.29, 1.82) is 0 Å². The van der Waals surface area contributed by atoms with E-state index in [-0.39, 0.29) is 11.2 Å². The van der Waals surface area contributed by atoms with E-state index in [1.165, 1.54) is 28.4 Å². The van der Waals surface area contributed by atoms with Crippen molar-refractivity contribution >= 4 is 17.1 Å². The van der Waals surface area contributed by atoms with Gasteiger partial charge in [-0.3, -0.25) is 13.9 Å². The summed E-state index contributed by atoms with van der Waals surface area (Å²) in [7, 11) is 3.23. The molecule has 25 heavy (non-hydrogen) atoms. The molecule has 3 rings (SSSR count). The van der Waals surface area contributed by atoms with Crippen molar-refractivity contribution in [2.75, 3.05) is 18.0 Å². The maximum absolute atomic E-state index is 12.8. The summed E-state index contributed by atoms with van der Waals surface area (Å²) >= 11 is 0. The predicted molar refractivity (Wildman–Crippen MR) is 100 cm³/mol. The van der Waals surface area contributed by atoms with Gasteiger partial charge in [0.25, 0.3) is 5.56 Å². The van der Waals surface area contributed by atoms with E-state index in [0.717, 1.165) is 51.3 Å². The van der Waals surface area contributed by atoms with E-state index < -0.39 is 0 Å². The van der Waals surface area contributed by atoms with Gasteiger partial charge in [-0.2, -0.15) is 4.98 Å². The van der Waals surface area contributed by atoms with Crippen LogP contribution in [0.2, 0.25) is 0 Å². The third-order valence-electron chi connectivity index (χ3n) is 5.20. The fourth-order valence-electron chi connectivity index (χ4n) is 3.68. The zero-order chi connectivity index (χ0) is 18.0. The van der Waals surface area contributed by atoms with Gasteiger partial charge >= 0.3 is 5.69 Å². The molecule has 1 aliphatic rings. The van der Waals surface area contributed by atoms with Crippen LogP contribution in [0.4, 0.5) is 5.95 Å². The topological polar surface area (TPSA) is 65.1 Å². The number of imidazole rings is 1. The van der Waals surface area contributed by atoms with Gasteiger partial charge in [0, 0.05) is 33.7 Å². The normalized spacial score (nSPS) is 15.2. The predicted octanol–water partition coefficient (Wildman–Crippen LogP) is 2.00. The smallest absolute Gasteiger partial charge is 0.332 e. The third kappa shape index (κ3) is 3.24. The van der Waals surface area contributed by atoms with Gasteiger partial charge in [-0.25, -0.2) is 4.79 Å². The molecule has 2 aromatic rings. The second kappa shape index (κ2) is 7.45. The van der Waals surface area contributed by atoms with Gasteiger partial charge in [0.1, 0.15) is 0 Å². The first-order chi connectivity index (χ1) is 12.1. The lowest BCUT2D eigenvalue weighted by molar-refractivity contribution is 0.541. The van der Waals surface area contributed by atoms with E-state index in [0.29, 0.717) is 11.2 Å². The third-order valence-corrected chi connectivity index (χ3v) is 5.20. The van der Waals surface area contributed by atoms with Crippen LogP contribution < -0.4 is 16.1 Å². The molecule has 7 nitrogen and oxygen atoms in total. The first kappa shape index (κ1) is 17.8. The number of anilines is 1. The lowest BCUT2D eigenvalue weighted by atomic mass is 10.1. The molecule has 0 aromatic carbocycles. The summed E-state index contributed by atoms with van der Waals surface area (Å²) in [4.78, 5) is 32.0. The largest absolute Gasteiger partial charge is 0.342 e. The van der Waals surface area contributed by atoms with E-state index in [2.05, 4.69) is 16.4 Å². The SMILES string of the molecule is CCCCCCn1c(N2CCCCC2)nc2c1c(=O)n(C)c(=O)n2C. The monoisotopic (exact) mass is 347 g/mol. The fourth-order valence-corrected chi connectivity index (χ4v) is 3.68. The highest BCUT2D eigenvalue weighted by Gasteiger charge is 2.23. The lowest BCUT2D eigenvalue weighted by Crippen LogP contribution is -2.37. The van der Waals surface area contributed by atoms with E-state index >= 15 is 0 Å². The Hall–Kier alpha value is -2.05. The Morgan fingerprint density at radius 3 is 2.36 bits per heavy atom. The molecule has 0 radical (unpaired) electrons. The van der Waals surface area contributed by atoms with Gasteiger partial charge < -0.3 is 9.47 Å². The van der Waals surface area contributed by atoms with Gasteiger partial charge in [-0.15, -0.1) is 0 Å². The molecule has 138 valence electrons. The van der Waals surface area contributed by atoms with Gasteiger partial charge in [-0.05, 0) is 25.7 Å². The van der Waals surface area contributed by atoms with E-state index in [9.17, 15) is 9.59 Å². The average molecular weight is 347 g/mol. The summed E-state index contributed by atoms with van der Waals surface area (Å²) in [5.41, 5.74) is 0.494. The molecule has 1 saturated heterocycles. The van der Waals surface area contributed by atoms with Crippen LogP contribution in [0.25, 0.3) is 11.2 Å². The molecule has 3 heterocycles. The number of aromatic nitrogens is 4. The Bertz CT molecular complexity index is 855. The molecule has 2 aromatic heterocycles. The molecule has 7 heteroatoms. The van der Waals surface area contributed by atoms with Gasteiger partial charge in [0.05, 0.1) is 0 Å². The molecule has 0 unspecified atom stereocenters. The quantitative estimate of drug-likeness (QED) is 0.750. The van der Waals surface area contributed by atoms with Crippen LogP contribution in [-0.2, 0) is 20.6 Å². The van der Waals surface area contributed by atoms with Crippen molar-refractivity contribution in [3.05, 3.63) is 20.8 Å². The second-order valence-corrected chi connectivity index (χ2v) is 7.05. The Balaban J connectivity index is 2.12. The molecule has 0 bridgehead atoms. The molecule has 0 saturated carbocycles. The van der Waals surface area contributed by atoms with Gasteiger partial charge in [0.15, 0.2) is 11.2 Å². The molecule has 0 aliphatic carbocycles. The molecule has 1 aliphatic heterocycles. The minimum absolute atomic E-state index is 0.246. The maximum atomic E-state index is 12.8. The standard InChI is InChI=1S/C18H29N5O2/c1-4-5-6-10-13-23-14-15(20(2)18(25)21(3)16(14)24)19-17(23)22-11-8-7-9-12-22/h4-13H2,1-3H3. The zero-order valence-corrected chi connectivity index (χ0v) is 15.6. The molecule has 0 amide bonds. The van der Waals surface area contributed by atoms with Crippen molar-refractivity contribution in [3.8, 4) is 0 Å². The first-order valence-electron chi connectivity index (χ1n) is 9.47. The Labute approximate surface area is 147 Å². The summed E-state index contributed by atoms with van der Waals surface area (Å²) in [6, 6.07) is 0. The number of aryl methyl sites for hydroxylation is 2. The van der Waals surface area contributed by atoms with Crippen molar-refractivity contribution in [2.45, 2.75) is 58.4 Å². The van der Waals surface area contributed by atoms with Crippen molar-refractivity contribution < 1.29 is 0 Å². The highest BCUT2D eigenvalue weighted by atomic mass is 16.2. The van der Waals surface area contributed by atoms with Crippen LogP contribution >= 0.6 is 0 Å². The van der Waals surface area contributed by atoms with Gasteiger partial charge in [0.2, 0.25) is 5.95 Å². The number of piperidine rings is 1. The molecule has 0 spiro atoms. The zero-order valence-electron chi connectivity index (χ0n) is 15.6. The summed E-state index contributed by atoms with van der Waals surface area (Å²) in [6.07, 6.45) is 8.08. The minimum Gasteiger partial charge on any atom is -0.342 e. The molecule has 1 fully saturated rings. The number of fused-ring (bicyclic) bond motifs is 1. The number of unbranched alkanes of at least 4 members (excludes halogenated alkanes) is 3.